The number of esters is 1. The van der Waals surface area contributed by atoms with E-state index in [1.54, 1.807) is 23.7 Å². The number of rotatable bonds is 13. The van der Waals surface area contributed by atoms with Crippen molar-refractivity contribution in [1.29, 1.82) is 0 Å². The number of thioether (sulfide) groups is 1. The zero-order chi connectivity index (χ0) is 25.8. The number of nitrogens with zero attached hydrogens (tertiary/aromatic N) is 2. The van der Waals surface area contributed by atoms with Crippen molar-refractivity contribution in [1.82, 2.24) is 15.1 Å². The summed E-state index contributed by atoms with van der Waals surface area (Å²) in [5, 5.41) is 2.74. The second kappa shape index (κ2) is 15.5. The molecule has 0 heterocycles. The van der Waals surface area contributed by atoms with E-state index >= 15 is 0 Å². The van der Waals surface area contributed by atoms with Crippen LogP contribution < -0.4 is 11.1 Å². The molecule has 34 heavy (non-hydrogen) atoms. The Morgan fingerprint density at radius 3 is 2.26 bits per heavy atom. The summed E-state index contributed by atoms with van der Waals surface area (Å²) in [5.74, 6) is -0.910. The molecule has 0 aromatic carbocycles. The van der Waals surface area contributed by atoms with Gasteiger partial charge in [0, 0.05) is 18.8 Å². The Morgan fingerprint density at radius 2 is 1.76 bits per heavy atom. The van der Waals surface area contributed by atoms with E-state index in [1.807, 2.05) is 20.1 Å². The van der Waals surface area contributed by atoms with Gasteiger partial charge < -0.3 is 25.6 Å². The molecule has 3 amide bonds. The van der Waals surface area contributed by atoms with Gasteiger partial charge in [-0.2, -0.15) is 24.4 Å². The standard InChI is InChI=1S/C23H42N4O5S2/c1-15(2)20(26(3)21(29)17(24)14-33)22(30)27(16-9-7-6-8-10-16)13-19(28)25-18(11-12-34-5)23(31)32-4/h15-18,20,33H,6-14,24H2,1-5H3,(H,25,28)/t17-,18-,20-/m0/s1. The smallest absolute Gasteiger partial charge is 0.328 e. The second-order valence-electron chi connectivity index (χ2n) is 9.11. The molecule has 0 spiro atoms. The molecule has 0 unspecified atom stereocenters. The normalized spacial score (nSPS) is 16.9. The zero-order valence-electron chi connectivity index (χ0n) is 21.1. The van der Waals surface area contributed by atoms with Crippen LogP contribution in [0.3, 0.4) is 0 Å². The van der Waals surface area contributed by atoms with Crippen molar-refractivity contribution in [2.75, 3.05) is 38.5 Å². The highest BCUT2D eigenvalue weighted by molar-refractivity contribution is 7.98. The number of thiol groups is 1. The number of nitrogens with one attached hydrogen (secondary N) is 1. The Labute approximate surface area is 213 Å². The minimum Gasteiger partial charge on any atom is -0.467 e. The van der Waals surface area contributed by atoms with Crippen molar-refractivity contribution >= 4 is 48.1 Å². The lowest BCUT2D eigenvalue weighted by Gasteiger charge is -2.40. The number of carbonyl (C=O) groups excluding carboxylic acids is 4. The van der Waals surface area contributed by atoms with Crippen molar-refractivity contribution in [3.8, 4) is 0 Å². The summed E-state index contributed by atoms with van der Waals surface area (Å²) in [6.45, 7) is 3.56. The van der Waals surface area contributed by atoms with Gasteiger partial charge in [-0.25, -0.2) is 4.79 Å². The number of nitrogens with two attached hydrogens (primary N) is 1. The molecular formula is C23H42N4O5S2. The van der Waals surface area contributed by atoms with E-state index in [2.05, 4.69) is 17.9 Å². The molecule has 0 aromatic heterocycles. The van der Waals surface area contributed by atoms with E-state index < -0.39 is 30.0 Å². The van der Waals surface area contributed by atoms with Crippen LogP contribution in [0.5, 0.6) is 0 Å². The Bertz CT molecular complexity index is 688. The van der Waals surface area contributed by atoms with E-state index in [0.29, 0.717) is 12.2 Å². The van der Waals surface area contributed by atoms with E-state index in [-0.39, 0.29) is 36.1 Å². The fourth-order valence-corrected chi connectivity index (χ4v) is 4.97. The van der Waals surface area contributed by atoms with Crippen LogP contribution in [0, 0.1) is 5.92 Å². The molecule has 1 saturated carbocycles. The zero-order valence-corrected chi connectivity index (χ0v) is 22.8. The van der Waals surface area contributed by atoms with Crippen LogP contribution in [0.1, 0.15) is 52.4 Å². The Hall–Kier alpha value is -1.46. The predicted molar refractivity (Wildman–Crippen MR) is 139 cm³/mol. The van der Waals surface area contributed by atoms with Gasteiger partial charge in [-0.15, -0.1) is 0 Å². The Morgan fingerprint density at radius 1 is 1.15 bits per heavy atom. The number of ether oxygens (including phenoxy) is 1. The van der Waals surface area contributed by atoms with Gasteiger partial charge in [-0.1, -0.05) is 33.1 Å². The van der Waals surface area contributed by atoms with Crippen molar-refractivity contribution in [3.63, 3.8) is 0 Å². The summed E-state index contributed by atoms with van der Waals surface area (Å²) in [5.41, 5.74) is 5.89. The van der Waals surface area contributed by atoms with Gasteiger partial charge in [0.05, 0.1) is 19.7 Å². The number of hydrogen-bond acceptors (Lipinski definition) is 8. The highest BCUT2D eigenvalue weighted by Gasteiger charge is 2.38. The van der Waals surface area contributed by atoms with Gasteiger partial charge in [-0.3, -0.25) is 14.4 Å². The third kappa shape index (κ3) is 8.96. The molecule has 1 aliphatic rings. The number of carbonyl (C=O) groups is 4. The van der Waals surface area contributed by atoms with Crippen molar-refractivity contribution in [3.05, 3.63) is 0 Å². The molecule has 3 atom stereocenters. The average molecular weight is 519 g/mol. The SMILES string of the molecule is COC(=O)[C@H](CCSC)NC(=O)CN(C(=O)[C@H](C(C)C)N(C)C(=O)[C@@H](N)CS)C1CCCCC1. The summed E-state index contributed by atoms with van der Waals surface area (Å²) in [4.78, 5) is 54.7. The molecule has 0 aromatic rings. The van der Waals surface area contributed by atoms with Crippen LogP contribution in [-0.4, -0.2) is 96.1 Å². The summed E-state index contributed by atoms with van der Waals surface area (Å²) in [7, 11) is 2.86. The first kappa shape index (κ1) is 30.6. The fraction of sp³-hybridized carbons (Fsp3) is 0.826. The minimum atomic E-state index is -0.814. The van der Waals surface area contributed by atoms with Gasteiger partial charge in [0.1, 0.15) is 12.1 Å². The lowest BCUT2D eigenvalue weighted by molar-refractivity contribution is -0.151. The van der Waals surface area contributed by atoms with Crippen LogP contribution in [0.2, 0.25) is 0 Å². The van der Waals surface area contributed by atoms with Gasteiger partial charge in [0.25, 0.3) is 0 Å². The van der Waals surface area contributed by atoms with Gasteiger partial charge in [-0.05, 0) is 37.2 Å². The molecule has 1 fully saturated rings. The van der Waals surface area contributed by atoms with Crippen molar-refractivity contribution in [2.24, 2.45) is 11.7 Å². The van der Waals surface area contributed by atoms with Gasteiger partial charge in [0.15, 0.2) is 0 Å². The summed E-state index contributed by atoms with van der Waals surface area (Å²) < 4.78 is 4.83. The number of hydrogen-bond donors (Lipinski definition) is 3. The first-order valence-electron chi connectivity index (χ1n) is 11.9. The van der Waals surface area contributed by atoms with E-state index in [1.165, 1.54) is 12.0 Å². The van der Waals surface area contributed by atoms with Gasteiger partial charge in [0.2, 0.25) is 17.7 Å². The summed E-state index contributed by atoms with van der Waals surface area (Å²) in [6.07, 6.45) is 6.98. The highest BCUT2D eigenvalue weighted by atomic mass is 32.2. The summed E-state index contributed by atoms with van der Waals surface area (Å²) in [6, 6.07) is -2.45. The molecule has 0 saturated heterocycles. The first-order chi connectivity index (χ1) is 16.1. The minimum absolute atomic E-state index is 0.0990. The van der Waals surface area contributed by atoms with Gasteiger partial charge >= 0.3 is 5.97 Å². The molecule has 0 bridgehead atoms. The van der Waals surface area contributed by atoms with Crippen LogP contribution in [0.25, 0.3) is 0 Å². The maximum atomic E-state index is 13.8. The predicted octanol–water partition coefficient (Wildman–Crippen LogP) is 1.30. The molecule has 0 radical (unpaired) electrons. The second-order valence-corrected chi connectivity index (χ2v) is 10.5. The third-order valence-corrected chi connectivity index (χ3v) is 7.24. The molecule has 1 aliphatic carbocycles. The molecule has 3 N–H and O–H groups in total. The topological polar surface area (TPSA) is 122 Å². The van der Waals surface area contributed by atoms with Crippen molar-refractivity contribution < 1.29 is 23.9 Å². The Balaban J connectivity index is 3.14. The largest absolute Gasteiger partial charge is 0.467 e. The van der Waals surface area contributed by atoms with Crippen LogP contribution >= 0.6 is 24.4 Å². The highest BCUT2D eigenvalue weighted by Crippen LogP contribution is 2.25. The third-order valence-electron chi connectivity index (χ3n) is 6.21. The maximum absolute atomic E-state index is 13.8. The Kier molecular flexibility index (Phi) is 14.0. The summed E-state index contributed by atoms with van der Waals surface area (Å²) >= 11 is 5.68. The lowest BCUT2D eigenvalue weighted by Crippen LogP contribution is -2.59. The fourth-order valence-electron chi connectivity index (χ4n) is 4.35. The molecule has 0 aliphatic heterocycles. The van der Waals surface area contributed by atoms with Crippen LogP contribution in [0.4, 0.5) is 0 Å². The van der Waals surface area contributed by atoms with E-state index in [4.69, 9.17) is 10.5 Å². The molecule has 1 rings (SSSR count). The van der Waals surface area contributed by atoms with Crippen LogP contribution in [-0.2, 0) is 23.9 Å². The number of amides is 3. The quantitative estimate of drug-likeness (QED) is 0.248. The molecular weight excluding hydrogens is 476 g/mol. The molecule has 9 nitrogen and oxygen atoms in total. The lowest BCUT2D eigenvalue weighted by atomic mass is 9.92. The molecule has 11 heteroatoms. The van der Waals surface area contributed by atoms with E-state index in [9.17, 15) is 19.2 Å². The first-order valence-corrected chi connectivity index (χ1v) is 13.9. The number of methoxy groups -OCH3 is 1. The average Bonchev–Trinajstić information content (AvgIpc) is 2.83. The van der Waals surface area contributed by atoms with Crippen LogP contribution in [0.15, 0.2) is 0 Å². The molecule has 196 valence electrons. The maximum Gasteiger partial charge on any atom is 0.328 e. The number of likely N-dealkylation sites (N-methyl/N-ethyl adjacent to an activating group) is 1. The van der Waals surface area contributed by atoms with E-state index in [0.717, 1.165) is 32.1 Å². The monoisotopic (exact) mass is 518 g/mol. The van der Waals surface area contributed by atoms with Crippen molar-refractivity contribution in [2.45, 2.75) is 76.5 Å².